The monoisotopic (exact) mass is 486 g/mol. The zero-order valence-corrected chi connectivity index (χ0v) is 22.6. The average Bonchev–Trinajstić information content (AvgIpc) is 2.79. The molecule has 0 fully saturated rings. The molecule has 34 heavy (non-hydrogen) atoms. The van der Waals surface area contributed by atoms with E-state index in [1.165, 1.54) is 19.3 Å². The molecule has 4 nitrogen and oxygen atoms in total. The van der Waals surface area contributed by atoms with Gasteiger partial charge in [-0.05, 0) is 60.9 Å². The van der Waals surface area contributed by atoms with Crippen molar-refractivity contribution in [3.05, 3.63) is 65.2 Å². The maximum atomic E-state index is 12.7. The highest BCUT2D eigenvalue weighted by atomic mass is 31.2. The van der Waals surface area contributed by atoms with E-state index in [1.807, 2.05) is 50.2 Å². The number of hydrogen-bond donors (Lipinski definition) is 0. The van der Waals surface area contributed by atoms with Crippen LogP contribution >= 0.6 is 7.60 Å². The fourth-order valence-electron chi connectivity index (χ4n) is 3.74. The molecule has 0 aromatic heterocycles. The van der Waals surface area contributed by atoms with E-state index in [4.69, 9.17) is 13.8 Å². The van der Waals surface area contributed by atoms with Crippen molar-refractivity contribution in [2.45, 2.75) is 66.5 Å². The van der Waals surface area contributed by atoms with Crippen LogP contribution in [0, 0.1) is 11.8 Å². The van der Waals surface area contributed by atoms with Crippen LogP contribution in [-0.2, 0) is 19.8 Å². The zero-order chi connectivity index (χ0) is 24.8. The Morgan fingerprint density at radius 1 is 0.794 bits per heavy atom. The maximum Gasteiger partial charge on any atom is 0.335 e. The molecule has 0 spiro atoms. The highest BCUT2D eigenvalue weighted by Gasteiger charge is 2.23. The lowest BCUT2D eigenvalue weighted by molar-refractivity contribution is 0.219. The van der Waals surface area contributed by atoms with Gasteiger partial charge < -0.3 is 13.8 Å². The number of rotatable bonds is 16. The molecule has 0 saturated carbocycles. The van der Waals surface area contributed by atoms with Crippen molar-refractivity contribution < 1.29 is 18.3 Å². The molecule has 0 aliphatic rings. The van der Waals surface area contributed by atoms with Crippen molar-refractivity contribution in [3.63, 3.8) is 0 Å². The van der Waals surface area contributed by atoms with Gasteiger partial charge in [-0.1, -0.05) is 88.6 Å². The second kappa shape index (κ2) is 15.2. The molecule has 0 saturated heterocycles. The third-order valence-corrected chi connectivity index (χ3v) is 7.77. The van der Waals surface area contributed by atoms with Gasteiger partial charge in [0.1, 0.15) is 5.75 Å². The van der Waals surface area contributed by atoms with Crippen LogP contribution in [0.3, 0.4) is 0 Å². The largest absolute Gasteiger partial charge is 0.494 e. The predicted molar refractivity (Wildman–Crippen MR) is 144 cm³/mol. The molecule has 0 radical (unpaired) electrons. The van der Waals surface area contributed by atoms with Crippen molar-refractivity contribution in [2.75, 3.05) is 19.8 Å². The van der Waals surface area contributed by atoms with Crippen LogP contribution in [0.1, 0.15) is 77.0 Å². The van der Waals surface area contributed by atoms with E-state index in [-0.39, 0.29) is 6.16 Å². The SMILES string of the molecule is CCOP(=O)(Cc1ccc(/C=C/c2ccc(OCC[C@H](C)CCCC(C)C)cc2)cc1)OCC. The molecular weight excluding hydrogens is 443 g/mol. The zero-order valence-electron chi connectivity index (χ0n) is 21.7. The molecule has 0 aliphatic heterocycles. The van der Waals surface area contributed by atoms with E-state index >= 15 is 0 Å². The summed E-state index contributed by atoms with van der Waals surface area (Å²) < 4.78 is 29.4. The van der Waals surface area contributed by atoms with Gasteiger partial charge in [0.25, 0.3) is 0 Å². The van der Waals surface area contributed by atoms with Crippen LogP contribution in [0.4, 0.5) is 0 Å². The highest BCUT2D eigenvalue weighted by molar-refractivity contribution is 7.53. The van der Waals surface area contributed by atoms with Crippen LogP contribution in [-0.4, -0.2) is 19.8 Å². The van der Waals surface area contributed by atoms with Gasteiger partial charge in [-0.15, -0.1) is 0 Å². The Kier molecular flexibility index (Phi) is 12.7. The predicted octanol–water partition coefficient (Wildman–Crippen LogP) is 8.85. The van der Waals surface area contributed by atoms with Crippen molar-refractivity contribution in [1.82, 2.24) is 0 Å². The third kappa shape index (κ3) is 11.0. The molecule has 188 valence electrons. The minimum atomic E-state index is -3.08. The van der Waals surface area contributed by atoms with Gasteiger partial charge in [0, 0.05) is 0 Å². The summed E-state index contributed by atoms with van der Waals surface area (Å²) in [4.78, 5) is 0. The Balaban J connectivity index is 1.81. The second-order valence-corrected chi connectivity index (χ2v) is 11.4. The molecule has 0 unspecified atom stereocenters. The molecule has 0 bridgehead atoms. The Morgan fingerprint density at radius 2 is 1.35 bits per heavy atom. The first-order chi connectivity index (χ1) is 16.3. The Bertz CT molecular complexity index is 877. The van der Waals surface area contributed by atoms with E-state index in [0.29, 0.717) is 19.1 Å². The molecule has 0 aliphatic carbocycles. The van der Waals surface area contributed by atoms with Gasteiger partial charge in [0.15, 0.2) is 0 Å². The van der Waals surface area contributed by atoms with Gasteiger partial charge >= 0.3 is 7.60 Å². The van der Waals surface area contributed by atoms with Gasteiger partial charge in [-0.2, -0.15) is 0 Å². The van der Waals surface area contributed by atoms with Gasteiger partial charge in [0.2, 0.25) is 0 Å². The van der Waals surface area contributed by atoms with Crippen LogP contribution in [0.25, 0.3) is 12.2 Å². The topological polar surface area (TPSA) is 44.8 Å². The quantitative estimate of drug-likeness (QED) is 0.176. The highest BCUT2D eigenvalue weighted by Crippen LogP contribution is 2.51. The van der Waals surface area contributed by atoms with E-state index < -0.39 is 7.60 Å². The molecule has 5 heteroatoms. The van der Waals surface area contributed by atoms with Crippen molar-refractivity contribution in [2.24, 2.45) is 11.8 Å². The summed E-state index contributed by atoms with van der Waals surface area (Å²) in [6, 6.07) is 16.2. The lowest BCUT2D eigenvalue weighted by Gasteiger charge is -2.16. The van der Waals surface area contributed by atoms with E-state index in [9.17, 15) is 4.57 Å². The summed E-state index contributed by atoms with van der Waals surface area (Å²) in [6.45, 7) is 12.1. The van der Waals surface area contributed by atoms with Crippen molar-refractivity contribution >= 4 is 19.7 Å². The molecule has 2 aromatic rings. The second-order valence-electron chi connectivity index (χ2n) is 9.32. The summed E-state index contributed by atoms with van der Waals surface area (Å²) in [7, 11) is -3.08. The first kappa shape index (κ1) is 28.4. The normalized spacial score (nSPS) is 13.0. The van der Waals surface area contributed by atoms with Crippen LogP contribution in [0.5, 0.6) is 5.75 Å². The van der Waals surface area contributed by atoms with Gasteiger partial charge in [-0.25, -0.2) is 0 Å². The molecule has 2 rings (SSSR count). The van der Waals surface area contributed by atoms with E-state index in [1.54, 1.807) is 0 Å². The molecule has 0 heterocycles. The number of ether oxygens (including phenoxy) is 1. The van der Waals surface area contributed by atoms with Crippen LogP contribution in [0.15, 0.2) is 48.5 Å². The minimum absolute atomic E-state index is 0.289. The van der Waals surface area contributed by atoms with Gasteiger partial charge in [-0.3, -0.25) is 4.57 Å². The first-order valence-corrected chi connectivity index (χ1v) is 14.4. The number of hydrogen-bond acceptors (Lipinski definition) is 4. The lowest BCUT2D eigenvalue weighted by atomic mass is 9.98. The lowest BCUT2D eigenvalue weighted by Crippen LogP contribution is -2.04. The van der Waals surface area contributed by atoms with Crippen molar-refractivity contribution in [1.29, 1.82) is 0 Å². The summed E-state index contributed by atoms with van der Waals surface area (Å²) in [6.07, 6.45) is 9.45. The summed E-state index contributed by atoms with van der Waals surface area (Å²) >= 11 is 0. The summed E-state index contributed by atoms with van der Waals surface area (Å²) in [5.74, 6) is 2.42. The Labute approximate surface area is 207 Å². The van der Waals surface area contributed by atoms with E-state index in [0.717, 1.165) is 41.4 Å². The summed E-state index contributed by atoms with van der Waals surface area (Å²) in [5, 5.41) is 0. The molecule has 1 atom stereocenters. The van der Waals surface area contributed by atoms with Crippen LogP contribution in [0.2, 0.25) is 0 Å². The molecular formula is C29H43O4P. The van der Waals surface area contributed by atoms with Crippen molar-refractivity contribution in [3.8, 4) is 5.75 Å². The maximum absolute atomic E-state index is 12.7. The third-order valence-electron chi connectivity index (χ3n) is 5.71. The van der Waals surface area contributed by atoms with E-state index in [2.05, 4.69) is 45.1 Å². The standard InChI is InChI=1S/C29H43O4P/c1-6-32-34(30,33-7-2)23-28-15-13-26(14-16-28)11-12-27-17-19-29(20-18-27)31-22-21-25(5)10-8-9-24(3)4/h11-20,24-25H,6-10,21-23H2,1-5H3/b12-11+/t25-/m1/s1. The Morgan fingerprint density at radius 3 is 1.88 bits per heavy atom. The fraction of sp³-hybridized carbons (Fsp3) is 0.517. The molecule has 2 aromatic carbocycles. The first-order valence-electron chi connectivity index (χ1n) is 12.7. The van der Waals surface area contributed by atoms with Crippen LogP contribution < -0.4 is 4.74 Å². The Hall–Kier alpha value is -1.87. The summed E-state index contributed by atoms with van der Waals surface area (Å²) in [5.41, 5.74) is 3.15. The van der Waals surface area contributed by atoms with Gasteiger partial charge in [0.05, 0.1) is 26.0 Å². The average molecular weight is 487 g/mol. The molecule has 0 amide bonds. The smallest absolute Gasteiger partial charge is 0.335 e. The molecule has 0 N–H and O–H groups in total. The number of benzene rings is 2. The fourth-order valence-corrected chi connectivity index (χ4v) is 5.45. The minimum Gasteiger partial charge on any atom is -0.494 e.